The van der Waals surface area contributed by atoms with E-state index >= 15 is 8.78 Å². The van der Waals surface area contributed by atoms with Crippen LogP contribution < -0.4 is 15.1 Å². The number of rotatable bonds is 6. The summed E-state index contributed by atoms with van der Waals surface area (Å²) in [4.78, 5) is 73.1. The number of hydrogen-bond acceptors (Lipinski definition) is 8. The topological polar surface area (TPSA) is 150 Å². The fourth-order valence-electron chi connectivity index (χ4n) is 11.3. The van der Waals surface area contributed by atoms with Gasteiger partial charge in [0.1, 0.15) is 18.0 Å². The number of hydrogen-bond donors (Lipinski definition) is 2. The number of aromatic nitrogens is 3. The van der Waals surface area contributed by atoms with E-state index in [0.717, 1.165) is 95.7 Å². The molecule has 1 spiro atoms. The Kier molecular flexibility index (Phi) is 7.78. The summed E-state index contributed by atoms with van der Waals surface area (Å²) in [5, 5.41) is 8.21. The summed E-state index contributed by atoms with van der Waals surface area (Å²) >= 11 is 0. The normalized spacial score (nSPS) is 29.0. The summed E-state index contributed by atoms with van der Waals surface area (Å²) in [5.74, 6) is -5.60. The molecular formula is C44H45F2N7O6. The molecule has 15 heteroatoms. The Morgan fingerprint density at radius 2 is 1.81 bits per heavy atom. The van der Waals surface area contributed by atoms with Crippen molar-refractivity contribution < 1.29 is 37.5 Å². The predicted octanol–water partition coefficient (Wildman–Crippen LogP) is 5.77. The molecule has 0 bridgehead atoms. The summed E-state index contributed by atoms with van der Waals surface area (Å²) in [5.41, 5.74) is 5.01. The number of amides is 5. The number of anilines is 2. The van der Waals surface area contributed by atoms with Gasteiger partial charge in [-0.3, -0.25) is 34.2 Å². The number of nitrogens with zero attached hydrogens (tertiary/aromatic N) is 5. The first kappa shape index (κ1) is 36.6. The molecule has 306 valence electrons. The quantitative estimate of drug-likeness (QED) is 0.234. The van der Waals surface area contributed by atoms with Crippen LogP contribution in [0.1, 0.15) is 96.5 Å². The number of piperidine rings is 1. The highest BCUT2D eigenvalue weighted by Crippen LogP contribution is 2.71. The second-order valence-corrected chi connectivity index (χ2v) is 18.3. The summed E-state index contributed by atoms with van der Waals surface area (Å²) in [6.45, 7) is 3.79. The number of H-pyrrole nitrogens is 1. The molecule has 2 aromatic carbocycles. The number of alkyl halides is 2. The van der Waals surface area contributed by atoms with Crippen molar-refractivity contribution in [2.45, 2.75) is 89.3 Å². The minimum atomic E-state index is -2.71. The third-order valence-electron chi connectivity index (χ3n) is 14.9. The minimum absolute atomic E-state index is 0.0375. The molecule has 11 rings (SSSR count). The fraction of sp³-hybridized carbons (Fsp3) is 0.500. The SMILES string of the molecule is CN(C(=O)C1CC2(CCN(c3ccc4c(c3)C(=O)N(C3CCC(=O)NC3=O)C4=O)C2)C1)c1ccc2cc(-c3nn(C4CCCCO4)c4c3C[C@@H]3C(F)(F)[C@]3(C)C4)[nH]c2c1. The van der Waals surface area contributed by atoms with Gasteiger partial charge in [-0.05, 0) is 93.2 Å². The van der Waals surface area contributed by atoms with Gasteiger partial charge in [-0.25, -0.2) is 13.5 Å². The number of ether oxygens (including phenoxy) is 1. The molecule has 59 heavy (non-hydrogen) atoms. The standard InChI is InChI=1S/C44H45F2N7O6/c1-42-21-33-29(18-34(42)44(42,45)46)37(49-53(33)36-5-3-4-14-59-36)31-15-23-6-7-25(17-30(23)47-31)50(2)39(56)24-19-43(20-24)12-13-51(22-43)26-8-9-27-28(16-26)41(58)52(40(27)57)32-10-11-35(54)48-38(32)55/h6-9,15-17,24,32,34,36,47H,3-5,10-14,18-22H2,1-2H3,(H,48,54,55)/t24?,32?,34-,36?,42+,43?/m0/s1. The fourth-order valence-corrected chi connectivity index (χ4v) is 11.3. The van der Waals surface area contributed by atoms with Crippen molar-refractivity contribution in [3.05, 3.63) is 64.8 Å². The first-order chi connectivity index (χ1) is 28.2. The van der Waals surface area contributed by atoms with E-state index in [1.807, 2.05) is 35.0 Å². The van der Waals surface area contributed by atoms with Gasteiger partial charge in [-0.1, -0.05) is 13.0 Å². The van der Waals surface area contributed by atoms with E-state index < -0.39 is 46.9 Å². The van der Waals surface area contributed by atoms with Gasteiger partial charge >= 0.3 is 0 Å². The molecule has 2 N–H and O–H groups in total. The lowest BCUT2D eigenvalue weighted by atomic mass is 9.61. The Bertz CT molecular complexity index is 2530. The maximum Gasteiger partial charge on any atom is 0.262 e. The molecule has 6 heterocycles. The summed E-state index contributed by atoms with van der Waals surface area (Å²) in [6, 6.07) is 12.1. The molecule has 13 nitrogen and oxygen atoms in total. The van der Waals surface area contributed by atoms with Crippen LogP contribution in [-0.2, 0) is 32.0 Å². The molecular weight excluding hydrogens is 761 g/mol. The average molecular weight is 806 g/mol. The highest BCUT2D eigenvalue weighted by atomic mass is 19.3. The highest BCUT2D eigenvalue weighted by Gasteiger charge is 2.78. The highest BCUT2D eigenvalue weighted by molar-refractivity contribution is 6.23. The number of carbonyl (C=O) groups excluding carboxylic acids is 5. The molecule has 2 unspecified atom stereocenters. The molecule has 7 aliphatic rings. The molecule has 3 saturated heterocycles. The largest absolute Gasteiger partial charge is 0.371 e. The summed E-state index contributed by atoms with van der Waals surface area (Å²) in [7, 11) is 1.80. The van der Waals surface area contributed by atoms with Crippen molar-refractivity contribution in [3.8, 4) is 11.4 Å². The van der Waals surface area contributed by atoms with E-state index in [-0.39, 0.29) is 60.3 Å². The van der Waals surface area contributed by atoms with E-state index in [2.05, 4.69) is 15.2 Å². The molecule has 3 aliphatic carbocycles. The van der Waals surface area contributed by atoms with E-state index in [1.54, 1.807) is 31.0 Å². The molecule has 4 atom stereocenters. The lowest BCUT2D eigenvalue weighted by Gasteiger charge is -2.45. The Morgan fingerprint density at radius 3 is 2.59 bits per heavy atom. The molecule has 2 aromatic heterocycles. The zero-order valence-electron chi connectivity index (χ0n) is 33.0. The molecule has 4 aromatic rings. The van der Waals surface area contributed by atoms with Gasteiger partial charge in [0.2, 0.25) is 17.7 Å². The third kappa shape index (κ3) is 5.34. The van der Waals surface area contributed by atoms with Crippen LogP contribution in [0.2, 0.25) is 0 Å². The lowest BCUT2D eigenvalue weighted by Crippen LogP contribution is -2.54. The second-order valence-electron chi connectivity index (χ2n) is 18.3. The minimum Gasteiger partial charge on any atom is -0.371 e. The number of benzene rings is 2. The molecule has 5 fully saturated rings. The van der Waals surface area contributed by atoms with Gasteiger partial charge in [0.15, 0.2) is 0 Å². The van der Waals surface area contributed by atoms with E-state index in [0.29, 0.717) is 12.3 Å². The Balaban J connectivity index is 0.771. The molecule has 2 saturated carbocycles. The number of fused-ring (bicyclic) bond motifs is 4. The van der Waals surface area contributed by atoms with Gasteiger partial charge in [0.25, 0.3) is 17.7 Å². The van der Waals surface area contributed by atoms with Gasteiger partial charge in [0.05, 0.1) is 16.8 Å². The number of nitrogens with one attached hydrogen (secondary N) is 2. The van der Waals surface area contributed by atoms with Crippen LogP contribution in [0, 0.1) is 22.7 Å². The van der Waals surface area contributed by atoms with Crippen LogP contribution in [0.25, 0.3) is 22.3 Å². The lowest BCUT2D eigenvalue weighted by molar-refractivity contribution is -0.136. The Labute approximate surface area is 338 Å². The zero-order chi connectivity index (χ0) is 40.7. The van der Waals surface area contributed by atoms with Crippen molar-refractivity contribution >= 4 is 51.8 Å². The van der Waals surface area contributed by atoms with Crippen molar-refractivity contribution in [2.75, 3.05) is 36.5 Å². The first-order valence-corrected chi connectivity index (χ1v) is 20.9. The van der Waals surface area contributed by atoms with E-state index in [4.69, 9.17) is 9.84 Å². The Hall–Kier alpha value is -5.44. The van der Waals surface area contributed by atoms with Crippen LogP contribution >= 0.6 is 0 Å². The monoisotopic (exact) mass is 805 g/mol. The van der Waals surface area contributed by atoms with Gasteiger partial charge in [-0.15, -0.1) is 0 Å². The van der Waals surface area contributed by atoms with Crippen LogP contribution in [0.4, 0.5) is 20.2 Å². The number of aromatic amines is 1. The van der Waals surface area contributed by atoms with Crippen molar-refractivity contribution in [1.82, 2.24) is 25.0 Å². The van der Waals surface area contributed by atoms with Crippen molar-refractivity contribution in [3.63, 3.8) is 0 Å². The van der Waals surface area contributed by atoms with E-state index in [1.165, 1.54) is 0 Å². The maximum absolute atomic E-state index is 15.0. The van der Waals surface area contributed by atoms with Crippen LogP contribution in [0.5, 0.6) is 0 Å². The van der Waals surface area contributed by atoms with Gasteiger partial charge < -0.3 is 19.5 Å². The predicted molar refractivity (Wildman–Crippen MR) is 211 cm³/mol. The number of carbonyl (C=O) groups is 5. The van der Waals surface area contributed by atoms with Gasteiger partial charge in [-0.2, -0.15) is 5.10 Å². The molecule has 4 aliphatic heterocycles. The first-order valence-electron chi connectivity index (χ1n) is 20.9. The van der Waals surface area contributed by atoms with Gasteiger partial charge in [0, 0.05) is 90.4 Å². The van der Waals surface area contributed by atoms with Crippen LogP contribution in [-0.4, -0.2) is 87.9 Å². The van der Waals surface area contributed by atoms with Crippen molar-refractivity contribution in [1.29, 1.82) is 0 Å². The molecule has 0 radical (unpaired) electrons. The van der Waals surface area contributed by atoms with Crippen LogP contribution in [0.15, 0.2) is 42.5 Å². The smallest absolute Gasteiger partial charge is 0.262 e. The van der Waals surface area contributed by atoms with Crippen LogP contribution in [0.3, 0.4) is 0 Å². The second kappa shape index (κ2) is 12.5. The number of imide groups is 2. The average Bonchev–Trinajstić information content (AvgIpc) is 3.85. The van der Waals surface area contributed by atoms with E-state index in [9.17, 15) is 24.0 Å². The Morgan fingerprint density at radius 1 is 1.00 bits per heavy atom. The van der Waals surface area contributed by atoms with Crippen molar-refractivity contribution in [2.24, 2.45) is 22.7 Å². The third-order valence-corrected chi connectivity index (χ3v) is 14.9. The maximum atomic E-state index is 15.0. The zero-order valence-corrected chi connectivity index (χ0v) is 33.0. The summed E-state index contributed by atoms with van der Waals surface area (Å²) < 4.78 is 38.1. The molecule has 5 amide bonds. The number of halogens is 2. The summed E-state index contributed by atoms with van der Waals surface area (Å²) in [6.07, 6.45) is 5.62.